The fourth-order valence-corrected chi connectivity index (χ4v) is 10.1. The van der Waals surface area contributed by atoms with Gasteiger partial charge in [0.2, 0.25) is 0 Å². The molecule has 62 heavy (non-hydrogen) atoms. The van der Waals surface area contributed by atoms with E-state index >= 15 is 0 Å². The molecule has 0 fully saturated rings. The van der Waals surface area contributed by atoms with Crippen molar-refractivity contribution in [3.05, 3.63) is 240 Å². The Balaban J connectivity index is 0.889. The van der Waals surface area contributed by atoms with Crippen molar-refractivity contribution in [3.63, 3.8) is 0 Å². The number of nitrogens with zero attached hydrogens (tertiary/aromatic N) is 2. The van der Waals surface area contributed by atoms with E-state index in [2.05, 4.69) is 256 Å². The molecule has 0 aromatic heterocycles. The van der Waals surface area contributed by atoms with E-state index in [-0.39, 0.29) is 10.8 Å². The highest BCUT2D eigenvalue weighted by Gasteiger charge is 2.37. The van der Waals surface area contributed by atoms with E-state index in [4.69, 9.17) is 0 Å². The monoisotopic (exact) mass is 796 g/mol. The van der Waals surface area contributed by atoms with E-state index in [9.17, 15) is 0 Å². The molecule has 2 aliphatic rings. The van der Waals surface area contributed by atoms with Crippen LogP contribution in [0.5, 0.6) is 0 Å². The lowest BCUT2D eigenvalue weighted by Gasteiger charge is -2.28. The van der Waals surface area contributed by atoms with Gasteiger partial charge in [-0.05, 0) is 139 Å². The zero-order chi connectivity index (χ0) is 42.0. The van der Waals surface area contributed by atoms with Crippen LogP contribution in [-0.4, -0.2) is 0 Å². The second-order valence-electron chi connectivity index (χ2n) is 17.9. The zero-order valence-electron chi connectivity index (χ0n) is 35.7. The Bertz CT molecular complexity index is 3140. The number of anilines is 6. The molecule has 2 nitrogen and oxygen atoms in total. The van der Waals surface area contributed by atoms with Gasteiger partial charge in [-0.15, -0.1) is 0 Å². The highest BCUT2D eigenvalue weighted by Crippen LogP contribution is 2.53. The summed E-state index contributed by atoms with van der Waals surface area (Å²) in [5, 5.41) is 2.48. The van der Waals surface area contributed by atoms with Gasteiger partial charge in [-0.1, -0.05) is 173 Å². The lowest BCUT2D eigenvalue weighted by atomic mass is 9.81. The van der Waals surface area contributed by atoms with Crippen LogP contribution in [0.25, 0.3) is 45.2 Å². The van der Waals surface area contributed by atoms with Crippen molar-refractivity contribution >= 4 is 57.0 Å². The van der Waals surface area contributed by atoms with E-state index in [1.54, 1.807) is 0 Å². The molecule has 0 spiro atoms. The van der Waals surface area contributed by atoms with Crippen molar-refractivity contribution in [1.82, 2.24) is 0 Å². The lowest BCUT2D eigenvalue weighted by molar-refractivity contribution is 0.660. The summed E-state index contributed by atoms with van der Waals surface area (Å²) in [7, 11) is 0. The van der Waals surface area contributed by atoms with Gasteiger partial charge in [-0.2, -0.15) is 0 Å². The Morgan fingerprint density at radius 2 is 0.629 bits per heavy atom. The molecule has 11 rings (SSSR count). The summed E-state index contributed by atoms with van der Waals surface area (Å²) in [6, 6.07) is 75.5. The van der Waals surface area contributed by atoms with E-state index in [0.717, 1.165) is 28.4 Å². The summed E-state index contributed by atoms with van der Waals surface area (Å²) < 4.78 is 0. The van der Waals surface area contributed by atoms with Crippen LogP contribution in [0.1, 0.15) is 61.1 Å². The minimum Gasteiger partial charge on any atom is -0.310 e. The van der Waals surface area contributed by atoms with Gasteiger partial charge < -0.3 is 9.80 Å². The van der Waals surface area contributed by atoms with E-state index in [1.165, 1.54) is 72.1 Å². The number of rotatable bonds is 8. The smallest absolute Gasteiger partial charge is 0.0468 e. The zero-order valence-corrected chi connectivity index (χ0v) is 35.7. The third kappa shape index (κ3) is 6.25. The van der Waals surface area contributed by atoms with Crippen LogP contribution in [-0.2, 0) is 10.8 Å². The average molecular weight is 797 g/mol. The van der Waals surface area contributed by atoms with Crippen LogP contribution < -0.4 is 9.80 Å². The van der Waals surface area contributed by atoms with Crippen LogP contribution in [0.4, 0.5) is 34.1 Å². The van der Waals surface area contributed by atoms with Crippen LogP contribution in [0, 0.1) is 0 Å². The molecule has 9 aromatic carbocycles. The first-order chi connectivity index (χ1) is 30.2. The molecule has 2 aliphatic carbocycles. The maximum atomic E-state index is 2.42. The largest absolute Gasteiger partial charge is 0.310 e. The molecule has 0 heterocycles. The second kappa shape index (κ2) is 14.6. The molecule has 0 amide bonds. The normalized spacial score (nSPS) is 14.0. The summed E-state index contributed by atoms with van der Waals surface area (Å²) in [5.74, 6) is 0. The van der Waals surface area contributed by atoms with Gasteiger partial charge in [-0.25, -0.2) is 0 Å². The quantitative estimate of drug-likeness (QED) is 0.141. The SMILES string of the molecule is CC1(C)c2cc(C=Cc3ccc4c(c3)C(C)(C)c3cc(N(c5ccccc5)c5ccc6ccccc6c5)ccc3-4)ccc2-c2ccc(N(c3ccccc3)c3ccccc3)cc21. The number of hydrogen-bond donors (Lipinski definition) is 0. The summed E-state index contributed by atoms with van der Waals surface area (Å²) >= 11 is 0. The topological polar surface area (TPSA) is 6.48 Å². The van der Waals surface area contributed by atoms with Gasteiger partial charge in [0.15, 0.2) is 0 Å². The molecule has 9 aromatic rings. The van der Waals surface area contributed by atoms with Gasteiger partial charge in [-0.3, -0.25) is 0 Å². The first kappa shape index (κ1) is 37.6. The highest BCUT2D eigenvalue weighted by atomic mass is 15.1. The first-order valence-electron chi connectivity index (χ1n) is 21.8. The summed E-state index contributed by atoms with van der Waals surface area (Å²) in [5.41, 5.74) is 19.7. The van der Waals surface area contributed by atoms with Crippen LogP contribution in [0.3, 0.4) is 0 Å². The van der Waals surface area contributed by atoms with Crippen molar-refractivity contribution in [2.24, 2.45) is 0 Å². The number of benzene rings is 9. The third-order valence-corrected chi connectivity index (χ3v) is 13.4. The average Bonchev–Trinajstić information content (AvgIpc) is 3.67. The molecule has 0 atom stereocenters. The standard InChI is InChI=1S/C60H48N2/c1-59(2)55-36-41(26-32-51(55)53-34-30-49(39-57(53)59)61(45-18-8-5-9-19-45)46-20-10-6-11-21-46)24-25-42-27-33-52-54-35-31-50(40-58(54)60(3,4)56(52)37-42)62(47-22-12-7-13-23-47)48-29-28-43-16-14-15-17-44(43)38-48/h5-40H,1-4H3. The summed E-state index contributed by atoms with van der Waals surface area (Å²) in [4.78, 5) is 4.74. The van der Waals surface area contributed by atoms with Crippen molar-refractivity contribution in [2.75, 3.05) is 9.80 Å². The van der Waals surface area contributed by atoms with Crippen molar-refractivity contribution < 1.29 is 0 Å². The molecule has 0 bridgehead atoms. The molecule has 0 N–H and O–H groups in total. The van der Waals surface area contributed by atoms with Gasteiger partial charge >= 0.3 is 0 Å². The molecule has 0 aliphatic heterocycles. The summed E-state index contributed by atoms with van der Waals surface area (Å²) in [6.07, 6.45) is 4.57. The van der Waals surface area contributed by atoms with E-state index in [1.807, 2.05) is 0 Å². The maximum absolute atomic E-state index is 2.42. The number of hydrogen-bond acceptors (Lipinski definition) is 2. The lowest BCUT2D eigenvalue weighted by Crippen LogP contribution is -2.16. The molecule has 2 heteroatoms. The fraction of sp³-hybridized carbons (Fsp3) is 0.100. The van der Waals surface area contributed by atoms with Crippen molar-refractivity contribution in [3.8, 4) is 22.3 Å². The van der Waals surface area contributed by atoms with Crippen LogP contribution in [0.2, 0.25) is 0 Å². The minimum absolute atomic E-state index is 0.157. The summed E-state index contributed by atoms with van der Waals surface area (Å²) in [6.45, 7) is 9.50. The Morgan fingerprint density at radius 1 is 0.290 bits per heavy atom. The number of fused-ring (bicyclic) bond motifs is 7. The molecule has 0 radical (unpaired) electrons. The second-order valence-corrected chi connectivity index (χ2v) is 17.9. The van der Waals surface area contributed by atoms with Crippen LogP contribution in [0.15, 0.2) is 206 Å². The van der Waals surface area contributed by atoms with E-state index < -0.39 is 0 Å². The third-order valence-electron chi connectivity index (χ3n) is 13.4. The predicted molar refractivity (Wildman–Crippen MR) is 264 cm³/mol. The fourth-order valence-electron chi connectivity index (χ4n) is 10.1. The molecule has 0 unspecified atom stereocenters. The van der Waals surface area contributed by atoms with Gasteiger partial charge in [0, 0.05) is 45.0 Å². The van der Waals surface area contributed by atoms with Crippen LogP contribution >= 0.6 is 0 Å². The molecular formula is C60H48N2. The molecule has 298 valence electrons. The minimum atomic E-state index is -0.172. The van der Waals surface area contributed by atoms with Crippen molar-refractivity contribution in [2.45, 2.75) is 38.5 Å². The first-order valence-corrected chi connectivity index (χ1v) is 21.8. The van der Waals surface area contributed by atoms with Gasteiger partial charge in [0.05, 0.1) is 0 Å². The Morgan fingerprint density at radius 3 is 1.08 bits per heavy atom. The Labute approximate surface area is 365 Å². The van der Waals surface area contributed by atoms with Gasteiger partial charge in [0.1, 0.15) is 0 Å². The van der Waals surface area contributed by atoms with E-state index in [0.29, 0.717) is 0 Å². The highest BCUT2D eigenvalue weighted by molar-refractivity contribution is 5.92. The molecular weight excluding hydrogens is 749 g/mol. The van der Waals surface area contributed by atoms with Gasteiger partial charge in [0.25, 0.3) is 0 Å². The Hall–Kier alpha value is -7.42. The Kier molecular flexibility index (Phi) is 8.87. The molecule has 0 saturated heterocycles. The van der Waals surface area contributed by atoms with Crippen molar-refractivity contribution in [1.29, 1.82) is 0 Å². The number of para-hydroxylation sites is 3. The maximum Gasteiger partial charge on any atom is 0.0468 e. The molecule has 0 saturated carbocycles. The predicted octanol–water partition coefficient (Wildman–Crippen LogP) is 16.6.